The number of benzene rings is 1. The van der Waals surface area contributed by atoms with Gasteiger partial charge in [0.25, 0.3) is 0 Å². The summed E-state index contributed by atoms with van der Waals surface area (Å²) in [5, 5.41) is 7.11. The zero-order valence-electron chi connectivity index (χ0n) is 19.2. The van der Waals surface area contributed by atoms with Gasteiger partial charge in [-0.1, -0.05) is 6.07 Å². The molecule has 0 aliphatic carbocycles. The first-order valence-corrected chi connectivity index (χ1v) is 12.1. The van der Waals surface area contributed by atoms with Crippen molar-refractivity contribution in [2.45, 2.75) is 39.2 Å². The summed E-state index contributed by atoms with van der Waals surface area (Å²) in [4.78, 5) is 6.35. The molecule has 31 heavy (non-hydrogen) atoms. The molecular weight excluding hydrogens is 404 g/mol. The molecule has 0 saturated carbocycles. The Hall–Kier alpha value is -2.31. The van der Waals surface area contributed by atoms with Gasteiger partial charge in [0.1, 0.15) is 5.75 Å². The summed E-state index contributed by atoms with van der Waals surface area (Å²) < 4.78 is 7.47. The second-order valence-electron chi connectivity index (χ2n) is 9.21. The van der Waals surface area contributed by atoms with Crippen molar-refractivity contribution < 1.29 is 4.74 Å². The molecule has 3 heterocycles. The second kappa shape index (κ2) is 9.45. The molecule has 3 aromatic rings. The van der Waals surface area contributed by atoms with E-state index in [1.54, 1.807) is 18.4 Å². The molecule has 1 aliphatic heterocycles. The van der Waals surface area contributed by atoms with Crippen molar-refractivity contribution in [2.24, 2.45) is 0 Å². The molecule has 0 N–H and O–H groups in total. The van der Waals surface area contributed by atoms with Gasteiger partial charge < -0.3 is 9.64 Å². The lowest BCUT2D eigenvalue weighted by molar-refractivity contribution is 0.254. The van der Waals surface area contributed by atoms with Crippen molar-refractivity contribution >= 4 is 17.0 Å². The topological polar surface area (TPSA) is 33.5 Å². The van der Waals surface area contributed by atoms with Crippen molar-refractivity contribution in [3.63, 3.8) is 0 Å². The largest absolute Gasteiger partial charge is 0.497 e. The van der Waals surface area contributed by atoms with Crippen LogP contribution in [0.3, 0.4) is 0 Å². The molecule has 1 aliphatic rings. The summed E-state index contributed by atoms with van der Waals surface area (Å²) in [6, 6.07) is 15.0. The highest BCUT2D eigenvalue weighted by Crippen LogP contribution is 2.30. The molecule has 6 heteroatoms. The lowest BCUT2D eigenvalue weighted by atomic mass is 10.1. The van der Waals surface area contributed by atoms with Gasteiger partial charge in [0, 0.05) is 31.9 Å². The first kappa shape index (κ1) is 21.9. The summed E-state index contributed by atoms with van der Waals surface area (Å²) in [6.45, 7) is 12.2. The highest BCUT2D eigenvalue weighted by Gasteiger charge is 2.21. The maximum atomic E-state index is 5.27. The zero-order chi connectivity index (χ0) is 21.8. The quantitative estimate of drug-likeness (QED) is 0.512. The van der Waals surface area contributed by atoms with Gasteiger partial charge in [-0.05, 0) is 81.9 Å². The van der Waals surface area contributed by atoms with E-state index in [0.717, 1.165) is 51.3 Å². The van der Waals surface area contributed by atoms with Crippen molar-refractivity contribution in [3.8, 4) is 16.3 Å². The van der Waals surface area contributed by atoms with Crippen LogP contribution in [-0.2, 0) is 12.0 Å². The second-order valence-corrected chi connectivity index (χ2v) is 10.2. The molecule has 0 unspecified atom stereocenters. The molecule has 4 rings (SSSR count). The molecule has 0 atom stereocenters. The predicted octanol–water partition coefficient (Wildman–Crippen LogP) is 5.13. The van der Waals surface area contributed by atoms with Crippen molar-refractivity contribution in [1.82, 2.24) is 14.7 Å². The Morgan fingerprint density at radius 2 is 1.77 bits per heavy atom. The molecular formula is C25H34N4OS. The lowest BCUT2D eigenvalue weighted by Gasteiger charge is -2.36. The Balaban J connectivity index is 1.29. The van der Waals surface area contributed by atoms with Gasteiger partial charge in [0.2, 0.25) is 0 Å². The minimum Gasteiger partial charge on any atom is -0.497 e. The number of piperazine rings is 1. The fraction of sp³-hybridized carbons (Fsp3) is 0.480. The molecule has 1 saturated heterocycles. The van der Waals surface area contributed by atoms with E-state index in [1.807, 2.05) is 12.1 Å². The van der Waals surface area contributed by atoms with Crippen LogP contribution in [0.5, 0.6) is 5.75 Å². The highest BCUT2D eigenvalue weighted by molar-refractivity contribution is 7.13. The Kier molecular flexibility index (Phi) is 6.68. The summed E-state index contributed by atoms with van der Waals surface area (Å²) in [7, 11) is 1.71. The van der Waals surface area contributed by atoms with Crippen LogP contribution >= 0.6 is 11.3 Å². The maximum absolute atomic E-state index is 5.27. The van der Waals surface area contributed by atoms with E-state index in [-0.39, 0.29) is 5.54 Å². The summed E-state index contributed by atoms with van der Waals surface area (Å²) in [5.74, 6) is 0.915. The van der Waals surface area contributed by atoms with Gasteiger partial charge in [-0.15, -0.1) is 11.3 Å². The van der Waals surface area contributed by atoms with Gasteiger partial charge in [-0.25, -0.2) is 0 Å². The normalized spacial score (nSPS) is 15.4. The van der Waals surface area contributed by atoms with Gasteiger partial charge in [-0.2, -0.15) is 5.10 Å². The highest BCUT2D eigenvalue weighted by atomic mass is 32.1. The first-order valence-electron chi connectivity index (χ1n) is 11.2. The average Bonchev–Trinajstić information content (AvgIpc) is 3.44. The first-order chi connectivity index (χ1) is 14.9. The number of hydrogen-bond donors (Lipinski definition) is 0. The van der Waals surface area contributed by atoms with Crippen LogP contribution in [0.1, 0.15) is 32.9 Å². The van der Waals surface area contributed by atoms with Gasteiger partial charge in [0.15, 0.2) is 0 Å². The van der Waals surface area contributed by atoms with Crippen LogP contribution in [0.15, 0.2) is 47.8 Å². The standard InChI is InChI=1S/C25H34N4OS/c1-25(2,3)29-23(24-8-6-18-31-24)19-20(26-29)7-5-13-27-14-16-28(17-15-27)21-9-11-22(30-4)12-10-21/h6,8-12,18-19H,5,7,13-17H2,1-4H3. The van der Waals surface area contributed by atoms with Crippen LogP contribution in [0.2, 0.25) is 0 Å². The van der Waals surface area contributed by atoms with Gasteiger partial charge >= 0.3 is 0 Å². The van der Waals surface area contributed by atoms with Crippen LogP contribution in [-0.4, -0.2) is 54.5 Å². The number of ether oxygens (including phenoxy) is 1. The third kappa shape index (κ3) is 5.31. The maximum Gasteiger partial charge on any atom is 0.119 e. The third-order valence-corrected chi connectivity index (χ3v) is 6.78. The summed E-state index contributed by atoms with van der Waals surface area (Å²) in [5.41, 5.74) is 3.71. The molecule has 0 bridgehead atoms. The zero-order valence-corrected chi connectivity index (χ0v) is 20.0. The average molecular weight is 439 g/mol. The Labute approximate surface area is 190 Å². The van der Waals surface area contributed by atoms with Gasteiger partial charge in [-0.3, -0.25) is 9.58 Å². The number of rotatable bonds is 7. The molecule has 2 aromatic heterocycles. The smallest absolute Gasteiger partial charge is 0.119 e. The molecule has 0 amide bonds. The minimum atomic E-state index is -0.0185. The lowest BCUT2D eigenvalue weighted by Crippen LogP contribution is -2.46. The number of methoxy groups -OCH3 is 1. The van der Waals surface area contributed by atoms with E-state index >= 15 is 0 Å². The Bertz CT molecular complexity index is 949. The molecule has 166 valence electrons. The van der Waals surface area contributed by atoms with E-state index in [0.29, 0.717) is 0 Å². The number of anilines is 1. The van der Waals surface area contributed by atoms with Crippen LogP contribution in [0.25, 0.3) is 10.6 Å². The summed E-state index contributed by atoms with van der Waals surface area (Å²) >= 11 is 1.79. The fourth-order valence-corrected chi connectivity index (χ4v) is 4.90. The number of aryl methyl sites for hydroxylation is 1. The van der Waals surface area contributed by atoms with Crippen molar-refractivity contribution in [1.29, 1.82) is 0 Å². The fourth-order valence-electron chi connectivity index (χ4n) is 4.17. The Morgan fingerprint density at radius 3 is 2.39 bits per heavy atom. The van der Waals surface area contributed by atoms with E-state index in [1.165, 1.54) is 22.0 Å². The van der Waals surface area contributed by atoms with Crippen LogP contribution in [0.4, 0.5) is 5.69 Å². The molecule has 1 fully saturated rings. The molecule has 0 spiro atoms. The minimum absolute atomic E-state index is 0.0185. The predicted molar refractivity (Wildman–Crippen MR) is 131 cm³/mol. The van der Waals surface area contributed by atoms with E-state index in [4.69, 9.17) is 9.84 Å². The Morgan fingerprint density at radius 1 is 1.03 bits per heavy atom. The SMILES string of the molecule is COc1ccc(N2CCN(CCCc3cc(-c4cccs4)n(C(C)(C)C)n3)CC2)cc1. The van der Waals surface area contributed by atoms with Crippen molar-refractivity contribution in [3.05, 3.63) is 53.5 Å². The summed E-state index contributed by atoms with van der Waals surface area (Å²) in [6.07, 6.45) is 2.17. The van der Waals surface area contributed by atoms with Crippen LogP contribution < -0.4 is 9.64 Å². The molecule has 5 nitrogen and oxygen atoms in total. The van der Waals surface area contributed by atoms with E-state index in [9.17, 15) is 0 Å². The van der Waals surface area contributed by atoms with Gasteiger partial charge in [0.05, 0.1) is 28.9 Å². The molecule has 1 aromatic carbocycles. The number of nitrogens with zero attached hydrogens (tertiary/aromatic N) is 4. The van der Waals surface area contributed by atoms with Crippen LogP contribution in [0, 0.1) is 0 Å². The van der Waals surface area contributed by atoms with Crippen molar-refractivity contribution in [2.75, 3.05) is 44.7 Å². The number of hydrogen-bond acceptors (Lipinski definition) is 5. The van der Waals surface area contributed by atoms with E-state index < -0.39 is 0 Å². The number of aromatic nitrogens is 2. The monoisotopic (exact) mass is 438 g/mol. The van der Waals surface area contributed by atoms with E-state index in [2.05, 4.69) is 71.0 Å². The third-order valence-electron chi connectivity index (χ3n) is 5.89. The molecule has 0 radical (unpaired) electrons. The number of thiophene rings is 1.